The van der Waals surface area contributed by atoms with E-state index in [-0.39, 0.29) is 11.9 Å². The molecule has 4 heteroatoms. The zero-order valence-electron chi connectivity index (χ0n) is 8.16. The van der Waals surface area contributed by atoms with Gasteiger partial charge in [-0.3, -0.25) is 10.6 Å². The first kappa shape index (κ1) is 10.7. The third kappa shape index (κ3) is 3.16. The zero-order chi connectivity index (χ0) is 10.4. The highest BCUT2D eigenvalue weighted by Crippen LogP contribution is 1.97. The van der Waals surface area contributed by atoms with Gasteiger partial charge in [0.05, 0.1) is 6.04 Å². The number of carbonyl (C=O) groups excluding carboxylic acids is 1. The first-order valence-corrected chi connectivity index (χ1v) is 4.52. The van der Waals surface area contributed by atoms with E-state index in [0.717, 1.165) is 5.56 Å². The quantitative estimate of drug-likeness (QED) is 0.471. The minimum absolute atomic E-state index is 0.101. The lowest BCUT2D eigenvalue weighted by molar-refractivity contribution is -0.122. The van der Waals surface area contributed by atoms with Gasteiger partial charge in [-0.15, -0.1) is 0 Å². The first-order chi connectivity index (χ1) is 6.74. The normalized spacial score (nSPS) is 12.1. The Balaban J connectivity index is 2.38. The average Bonchev–Trinajstić information content (AvgIpc) is 2.26. The van der Waals surface area contributed by atoms with Gasteiger partial charge in [0, 0.05) is 6.54 Å². The van der Waals surface area contributed by atoms with Crippen molar-refractivity contribution < 1.29 is 4.79 Å². The van der Waals surface area contributed by atoms with Crippen LogP contribution >= 0.6 is 0 Å². The molecule has 1 amide bonds. The summed E-state index contributed by atoms with van der Waals surface area (Å²) in [6.07, 6.45) is 0. The number of hydrogen-bond donors (Lipinski definition) is 3. The summed E-state index contributed by atoms with van der Waals surface area (Å²) in [5.41, 5.74) is 3.46. The fraction of sp³-hybridized carbons (Fsp3) is 0.300. The molecule has 1 atom stereocenters. The molecule has 14 heavy (non-hydrogen) atoms. The van der Waals surface area contributed by atoms with Crippen LogP contribution in [-0.2, 0) is 11.3 Å². The van der Waals surface area contributed by atoms with Gasteiger partial charge in [0.1, 0.15) is 0 Å². The highest BCUT2D eigenvalue weighted by Gasteiger charge is 2.08. The second kappa shape index (κ2) is 5.36. The molecule has 0 aliphatic heterocycles. The first-order valence-electron chi connectivity index (χ1n) is 4.52. The summed E-state index contributed by atoms with van der Waals surface area (Å²) in [4.78, 5) is 11.3. The largest absolute Gasteiger partial charge is 0.351 e. The van der Waals surface area contributed by atoms with Crippen LogP contribution in [0.3, 0.4) is 0 Å². The average molecular weight is 193 g/mol. The summed E-state index contributed by atoms with van der Waals surface area (Å²) >= 11 is 0. The van der Waals surface area contributed by atoms with Gasteiger partial charge >= 0.3 is 0 Å². The number of nitrogens with two attached hydrogens (primary N) is 1. The number of hydrogen-bond acceptors (Lipinski definition) is 3. The van der Waals surface area contributed by atoms with E-state index >= 15 is 0 Å². The van der Waals surface area contributed by atoms with Crippen molar-refractivity contribution in [2.24, 2.45) is 5.84 Å². The fourth-order valence-electron chi connectivity index (χ4n) is 1.01. The van der Waals surface area contributed by atoms with Gasteiger partial charge in [-0.1, -0.05) is 30.3 Å². The van der Waals surface area contributed by atoms with E-state index in [9.17, 15) is 4.79 Å². The van der Waals surface area contributed by atoms with Crippen molar-refractivity contribution in [3.8, 4) is 0 Å². The maximum atomic E-state index is 11.3. The van der Waals surface area contributed by atoms with Crippen LogP contribution in [0.4, 0.5) is 0 Å². The van der Waals surface area contributed by atoms with Crippen LogP contribution in [0.2, 0.25) is 0 Å². The van der Waals surface area contributed by atoms with E-state index in [4.69, 9.17) is 5.84 Å². The van der Waals surface area contributed by atoms with E-state index in [1.165, 1.54) is 0 Å². The van der Waals surface area contributed by atoms with Crippen molar-refractivity contribution in [3.63, 3.8) is 0 Å². The maximum absolute atomic E-state index is 11.3. The molecule has 0 bridgehead atoms. The molecule has 1 aromatic carbocycles. The SMILES string of the molecule is CC(NN)C(=O)NCc1ccccc1. The maximum Gasteiger partial charge on any atom is 0.238 e. The molecule has 0 radical (unpaired) electrons. The van der Waals surface area contributed by atoms with Crippen LogP contribution in [0.25, 0.3) is 0 Å². The Morgan fingerprint density at radius 1 is 1.43 bits per heavy atom. The molecule has 0 aliphatic rings. The van der Waals surface area contributed by atoms with Crippen molar-refractivity contribution in [1.29, 1.82) is 0 Å². The molecule has 4 nitrogen and oxygen atoms in total. The van der Waals surface area contributed by atoms with Gasteiger partial charge in [-0.05, 0) is 12.5 Å². The summed E-state index contributed by atoms with van der Waals surface area (Å²) < 4.78 is 0. The lowest BCUT2D eigenvalue weighted by atomic mass is 10.2. The summed E-state index contributed by atoms with van der Waals surface area (Å²) in [5.74, 6) is 5.03. The lowest BCUT2D eigenvalue weighted by Gasteiger charge is -2.10. The second-order valence-electron chi connectivity index (χ2n) is 3.09. The Labute approximate surface area is 83.5 Å². The van der Waals surface area contributed by atoms with Crippen molar-refractivity contribution in [1.82, 2.24) is 10.7 Å². The summed E-state index contributed by atoms with van der Waals surface area (Å²) in [7, 11) is 0. The Hall–Kier alpha value is -1.39. The molecule has 4 N–H and O–H groups in total. The van der Waals surface area contributed by atoms with Crippen LogP contribution in [0.15, 0.2) is 30.3 Å². The molecule has 0 aliphatic carbocycles. The molecular formula is C10H15N3O. The van der Waals surface area contributed by atoms with Crippen molar-refractivity contribution in [3.05, 3.63) is 35.9 Å². The summed E-state index contributed by atoms with van der Waals surface area (Å²) in [5, 5.41) is 2.77. The van der Waals surface area contributed by atoms with E-state index in [1.54, 1.807) is 6.92 Å². The number of amides is 1. The Morgan fingerprint density at radius 2 is 2.07 bits per heavy atom. The summed E-state index contributed by atoms with van der Waals surface area (Å²) in [6, 6.07) is 9.37. The van der Waals surface area contributed by atoms with Gasteiger partial charge in [-0.2, -0.15) is 0 Å². The predicted molar refractivity (Wildman–Crippen MR) is 55.1 cm³/mol. The molecule has 0 saturated heterocycles. The number of nitrogens with one attached hydrogen (secondary N) is 2. The van der Waals surface area contributed by atoms with Crippen molar-refractivity contribution in [2.75, 3.05) is 0 Å². The highest BCUT2D eigenvalue weighted by molar-refractivity contribution is 5.81. The van der Waals surface area contributed by atoms with Crippen LogP contribution < -0.4 is 16.6 Å². The lowest BCUT2D eigenvalue weighted by Crippen LogP contribution is -2.45. The Bertz CT molecular complexity index is 287. The van der Waals surface area contributed by atoms with E-state index in [2.05, 4.69) is 10.7 Å². The van der Waals surface area contributed by atoms with Gasteiger partial charge < -0.3 is 5.32 Å². The monoisotopic (exact) mass is 193 g/mol. The van der Waals surface area contributed by atoms with E-state index in [1.807, 2.05) is 30.3 Å². The standard InChI is InChI=1S/C10H15N3O/c1-8(13-11)10(14)12-7-9-5-3-2-4-6-9/h2-6,8,13H,7,11H2,1H3,(H,12,14). The molecule has 0 saturated carbocycles. The van der Waals surface area contributed by atoms with Gasteiger partial charge in [-0.25, -0.2) is 5.43 Å². The molecule has 0 fully saturated rings. The highest BCUT2D eigenvalue weighted by atomic mass is 16.2. The molecule has 76 valence electrons. The second-order valence-corrected chi connectivity index (χ2v) is 3.09. The summed E-state index contributed by atoms with van der Waals surface area (Å²) in [6.45, 7) is 2.24. The van der Waals surface area contributed by atoms with E-state index < -0.39 is 0 Å². The number of rotatable bonds is 4. The third-order valence-corrected chi connectivity index (χ3v) is 1.95. The number of carbonyl (C=O) groups is 1. The molecule has 1 rings (SSSR count). The molecule has 0 heterocycles. The van der Waals surface area contributed by atoms with Crippen LogP contribution in [0, 0.1) is 0 Å². The minimum atomic E-state index is -0.362. The molecule has 0 spiro atoms. The van der Waals surface area contributed by atoms with Crippen LogP contribution in [0.1, 0.15) is 12.5 Å². The Kier molecular flexibility index (Phi) is 4.10. The van der Waals surface area contributed by atoms with Crippen LogP contribution in [-0.4, -0.2) is 11.9 Å². The van der Waals surface area contributed by atoms with E-state index in [0.29, 0.717) is 6.54 Å². The van der Waals surface area contributed by atoms with Crippen LogP contribution in [0.5, 0.6) is 0 Å². The van der Waals surface area contributed by atoms with Gasteiger partial charge in [0.15, 0.2) is 0 Å². The minimum Gasteiger partial charge on any atom is -0.351 e. The number of benzene rings is 1. The van der Waals surface area contributed by atoms with Crippen molar-refractivity contribution >= 4 is 5.91 Å². The third-order valence-electron chi connectivity index (χ3n) is 1.95. The topological polar surface area (TPSA) is 67.1 Å². The van der Waals surface area contributed by atoms with Crippen molar-refractivity contribution in [2.45, 2.75) is 19.5 Å². The zero-order valence-corrected chi connectivity index (χ0v) is 8.16. The molecule has 1 aromatic rings. The van der Waals surface area contributed by atoms with Gasteiger partial charge in [0.2, 0.25) is 5.91 Å². The predicted octanol–water partition coefficient (Wildman–Crippen LogP) is 0.155. The molecule has 0 aromatic heterocycles. The molecule has 1 unspecified atom stereocenters. The molecular weight excluding hydrogens is 178 g/mol. The van der Waals surface area contributed by atoms with Gasteiger partial charge in [0.25, 0.3) is 0 Å². The number of hydrazine groups is 1. The Morgan fingerprint density at radius 3 is 2.64 bits per heavy atom. The smallest absolute Gasteiger partial charge is 0.238 e. The fourth-order valence-corrected chi connectivity index (χ4v) is 1.01.